The van der Waals surface area contributed by atoms with Crippen molar-refractivity contribution < 1.29 is 14.5 Å². The number of rotatable bonds is 10. The van der Waals surface area contributed by atoms with Crippen molar-refractivity contribution in [1.82, 2.24) is 15.4 Å². The molecule has 0 radical (unpaired) electrons. The topological polar surface area (TPSA) is 170 Å². The number of methoxy groups -OCH3 is 1. The Bertz CT molecular complexity index is 963. The average Bonchev–Trinajstić information content (AvgIpc) is 2.77. The number of nitrogens with zero attached hydrogens (tertiary/aromatic N) is 6. The highest BCUT2D eigenvalue weighted by Gasteiger charge is 2.27. The van der Waals surface area contributed by atoms with Crippen molar-refractivity contribution in [3.05, 3.63) is 46.3 Å². The Kier molecular flexibility index (Phi) is 7.85. The lowest BCUT2D eigenvalue weighted by Crippen LogP contribution is -2.31. The lowest BCUT2D eigenvalue weighted by Gasteiger charge is -2.21. The molecule has 0 aliphatic carbocycles. The number of nitriles is 2. The summed E-state index contributed by atoms with van der Waals surface area (Å²) in [5.41, 5.74) is 4.61. The number of ether oxygens (including phenoxy) is 1. The number of hydrogen-bond acceptors (Lipinski definition) is 10. The van der Waals surface area contributed by atoms with Gasteiger partial charge in [-0.2, -0.15) is 10.5 Å². The van der Waals surface area contributed by atoms with Crippen LogP contribution in [-0.2, 0) is 0 Å². The Labute approximate surface area is 171 Å². The number of nitro groups is 1. The van der Waals surface area contributed by atoms with Crippen LogP contribution in [0.25, 0.3) is 0 Å². The van der Waals surface area contributed by atoms with Crippen molar-refractivity contribution in [2.24, 2.45) is 0 Å². The second-order valence-electron chi connectivity index (χ2n) is 5.76. The van der Waals surface area contributed by atoms with E-state index in [9.17, 15) is 14.9 Å². The molecule has 2 rings (SSSR count). The van der Waals surface area contributed by atoms with Crippen molar-refractivity contribution in [2.75, 3.05) is 30.5 Å². The molecule has 0 fully saturated rings. The molecule has 12 heteroatoms. The average molecular weight is 410 g/mol. The number of carbonyl (C=O) groups is 1. The van der Waals surface area contributed by atoms with Gasteiger partial charge in [0.2, 0.25) is 11.6 Å². The van der Waals surface area contributed by atoms with Gasteiger partial charge in [0.15, 0.2) is 0 Å². The molecule has 2 N–H and O–H groups in total. The molecule has 1 heterocycles. The summed E-state index contributed by atoms with van der Waals surface area (Å²) in [6.45, 7) is 0.293. The van der Waals surface area contributed by atoms with Gasteiger partial charge in [0.25, 0.3) is 5.91 Å². The van der Waals surface area contributed by atoms with Gasteiger partial charge in [-0.25, -0.2) is 9.97 Å². The van der Waals surface area contributed by atoms with E-state index in [1.165, 1.54) is 24.1 Å². The zero-order chi connectivity index (χ0) is 21.9. The summed E-state index contributed by atoms with van der Waals surface area (Å²) >= 11 is 0. The van der Waals surface area contributed by atoms with Crippen molar-refractivity contribution in [1.29, 1.82) is 10.5 Å². The summed E-state index contributed by atoms with van der Waals surface area (Å²) in [7, 11) is 1.50. The molecule has 0 bridgehead atoms. The highest BCUT2D eigenvalue weighted by Crippen LogP contribution is 2.31. The molecule has 1 aromatic carbocycles. The van der Waals surface area contributed by atoms with Crippen molar-refractivity contribution >= 4 is 23.2 Å². The summed E-state index contributed by atoms with van der Waals surface area (Å²) in [6, 6.07) is 10.2. The minimum Gasteiger partial charge on any atom is -0.497 e. The zero-order valence-electron chi connectivity index (χ0n) is 16.0. The second kappa shape index (κ2) is 10.8. The first-order valence-corrected chi connectivity index (χ1v) is 8.70. The van der Waals surface area contributed by atoms with E-state index in [4.69, 9.17) is 15.3 Å². The summed E-state index contributed by atoms with van der Waals surface area (Å²) in [6.07, 6.45) is 1.27. The first kappa shape index (κ1) is 21.8. The lowest BCUT2D eigenvalue weighted by molar-refractivity contribution is -0.383. The van der Waals surface area contributed by atoms with Gasteiger partial charge in [0, 0.05) is 18.7 Å². The predicted octanol–water partition coefficient (Wildman–Crippen LogP) is 1.78. The molecule has 2 aromatic rings. The molecular weight excluding hydrogens is 392 g/mol. The van der Waals surface area contributed by atoms with Crippen LogP contribution in [0.5, 0.6) is 5.75 Å². The second-order valence-corrected chi connectivity index (χ2v) is 5.76. The van der Waals surface area contributed by atoms with E-state index in [-0.39, 0.29) is 37.6 Å². The fourth-order valence-electron chi connectivity index (χ4n) is 2.48. The number of carbonyl (C=O) groups excluding carboxylic acids is 1. The molecule has 12 nitrogen and oxygen atoms in total. The van der Waals surface area contributed by atoms with E-state index in [0.717, 1.165) is 6.33 Å². The van der Waals surface area contributed by atoms with Crippen LogP contribution in [0.1, 0.15) is 23.2 Å². The molecule has 0 saturated carbocycles. The Morgan fingerprint density at radius 2 is 1.83 bits per heavy atom. The number of amides is 1. The van der Waals surface area contributed by atoms with Crippen LogP contribution in [0.2, 0.25) is 0 Å². The number of benzene rings is 1. The number of hydrogen-bond donors (Lipinski definition) is 2. The number of hydrazine groups is 1. The maximum atomic E-state index is 12.3. The molecule has 30 heavy (non-hydrogen) atoms. The monoisotopic (exact) mass is 410 g/mol. The van der Waals surface area contributed by atoms with Crippen LogP contribution in [0, 0.1) is 32.8 Å². The van der Waals surface area contributed by atoms with E-state index in [1.54, 1.807) is 12.1 Å². The summed E-state index contributed by atoms with van der Waals surface area (Å²) in [4.78, 5) is 32.5. The lowest BCUT2D eigenvalue weighted by atomic mass is 10.2. The van der Waals surface area contributed by atoms with E-state index in [2.05, 4.69) is 20.8 Å². The SMILES string of the molecule is COc1ccc(C(=O)NNc2ncnc(N(CCC#N)CCC#N)c2[N+](=O)[O-])cc1. The number of aromatic nitrogens is 2. The first-order chi connectivity index (χ1) is 14.5. The minimum atomic E-state index is -0.692. The Morgan fingerprint density at radius 3 is 2.37 bits per heavy atom. The maximum absolute atomic E-state index is 12.3. The van der Waals surface area contributed by atoms with Gasteiger partial charge in [-0.3, -0.25) is 25.8 Å². The molecule has 0 spiro atoms. The van der Waals surface area contributed by atoms with Crippen LogP contribution >= 0.6 is 0 Å². The number of nitrogens with one attached hydrogen (secondary N) is 2. The van der Waals surface area contributed by atoms with E-state index in [0.29, 0.717) is 11.3 Å². The quantitative estimate of drug-likeness (QED) is 0.434. The zero-order valence-corrected chi connectivity index (χ0v) is 16.0. The molecule has 0 aliphatic rings. The van der Waals surface area contributed by atoms with E-state index >= 15 is 0 Å². The Hall–Kier alpha value is -4.45. The fourth-order valence-corrected chi connectivity index (χ4v) is 2.48. The number of anilines is 2. The maximum Gasteiger partial charge on any atom is 0.355 e. The first-order valence-electron chi connectivity index (χ1n) is 8.70. The van der Waals surface area contributed by atoms with Crippen molar-refractivity contribution in [3.8, 4) is 17.9 Å². The molecule has 1 aromatic heterocycles. The van der Waals surface area contributed by atoms with Gasteiger partial charge in [0.05, 0.1) is 37.0 Å². The normalized spacial score (nSPS) is 9.70. The molecule has 1 amide bonds. The molecule has 0 saturated heterocycles. The molecule has 0 unspecified atom stereocenters. The minimum absolute atomic E-state index is 0.0540. The highest BCUT2D eigenvalue weighted by molar-refractivity contribution is 5.95. The fraction of sp³-hybridized carbons (Fsp3) is 0.278. The molecule has 154 valence electrons. The standard InChI is InChI=1S/C18H18N8O4/c1-30-14-6-4-13(5-7-14)18(27)24-23-16-15(26(28)29)17(22-12-21-16)25(10-2-8-19)11-3-9-20/h4-7,12H,2-3,10-11H2,1H3,(H,24,27)(H,21,22,23). The van der Waals surface area contributed by atoms with Crippen LogP contribution < -0.4 is 20.5 Å². The molecule has 0 atom stereocenters. The van der Waals surface area contributed by atoms with Crippen LogP contribution in [0.15, 0.2) is 30.6 Å². The third kappa shape index (κ3) is 5.53. The van der Waals surface area contributed by atoms with Gasteiger partial charge in [-0.15, -0.1) is 0 Å². The van der Waals surface area contributed by atoms with Gasteiger partial charge >= 0.3 is 5.69 Å². The van der Waals surface area contributed by atoms with Crippen LogP contribution in [0.3, 0.4) is 0 Å². The Morgan fingerprint density at radius 1 is 1.20 bits per heavy atom. The molecule has 0 aliphatic heterocycles. The van der Waals surface area contributed by atoms with Crippen molar-refractivity contribution in [3.63, 3.8) is 0 Å². The Balaban J connectivity index is 2.25. The largest absolute Gasteiger partial charge is 0.497 e. The summed E-state index contributed by atoms with van der Waals surface area (Å²) in [5, 5.41) is 29.3. The summed E-state index contributed by atoms with van der Waals surface area (Å²) in [5.74, 6) is -0.254. The van der Waals surface area contributed by atoms with Crippen LogP contribution in [-0.4, -0.2) is 41.0 Å². The van der Waals surface area contributed by atoms with Gasteiger partial charge in [-0.05, 0) is 24.3 Å². The molecular formula is C18H18N8O4. The van der Waals surface area contributed by atoms with E-state index in [1.807, 2.05) is 12.1 Å². The summed E-state index contributed by atoms with van der Waals surface area (Å²) < 4.78 is 5.03. The van der Waals surface area contributed by atoms with Gasteiger partial charge < -0.3 is 9.64 Å². The van der Waals surface area contributed by atoms with Crippen LogP contribution in [0.4, 0.5) is 17.3 Å². The van der Waals surface area contributed by atoms with Gasteiger partial charge in [-0.1, -0.05) is 0 Å². The van der Waals surface area contributed by atoms with Gasteiger partial charge in [0.1, 0.15) is 12.1 Å². The van der Waals surface area contributed by atoms with Crippen molar-refractivity contribution in [2.45, 2.75) is 12.8 Å². The third-order valence-electron chi connectivity index (χ3n) is 3.92. The highest BCUT2D eigenvalue weighted by atomic mass is 16.6. The smallest absolute Gasteiger partial charge is 0.355 e. The van der Waals surface area contributed by atoms with E-state index < -0.39 is 16.5 Å². The third-order valence-corrected chi connectivity index (χ3v) is 3.92. The predicted molar refractivity (Wildman–Crippen MR) is 105 cm³/mol.